The van der Waals surface area contributed by atoms with Crippen molar-refractivity contribution in [3.05, 3.63) is 39.3 Å². The largest absolute Gasteiger partial charge is 0.378 e. The molecule has 5 rings (SSSR count). The lowest BCUT2D eigenvalue weighted by Crippen LogP contribution is -2.46. The van der Waals surface area contributed by atoms with Crippen LogP contribution in [0.25, 0.3) is 17.0 Å². The van der Waals surface area contributed by atoms with E-state index in [4.69, 9.17) is 4.74 Å². The third kappa shape index (κ3) is 5.78. The van der Waals surface area contributed by atoms with Crippen LogP contribution in [-0.2, 0) is 25.7 Å². The number of fused-ring (bicyclic) bond motifs is 1. The number of rotatable bonds is 5. The van der Waals surface area contributed by atoms with Gasteiger partial charge in [-0.3, -0.25) is 24.1 Å². The van der Waals surface area contributed by atoms with Crippen molar-refractivity contribution < 1.29 is 23.9 Å². The van der Waals surface area contributed by atoms with Crippen molar-refractivity contribution in [3.8, 4) is 0 Å². The highest BCUT2D eigenvalue weighted by atomic mass is 79.9. The fraction of sp³-hybridized carbons (Fsp3) is 0.462. The summed E-state index contributed by atoms with van der Waals surface area (Å²) >= 11 is 4.35. The summed E-state index contributed by atoms with van der Waals surface area (Å²) in [5.74, 6) is -0.664. The number of likely N-dealkylation sites (tertiary alicyclic amines) is 1. The molecule has 3 saturated heterocycles. The highest BCUT2D eigenvalue weighted by Crippen LogP contribution is 2.35. The van der Waals surface area contributed by atoms with Crippen LogP contribution in [0.15, 0.2) is 33.8 Å². The lowest BCUT2D eigenvalue weighted by molar-refractivity contribution is -0.139. The smallest absolute Gasteiger partial charge is 0.294 e. The van der Waals surface area contributed by atoms with E-state index >= 15 is 0 Å². The molecule has 0 unspecified atom stereocenters. The Hall–Kier alpha value is -2.63. The van der Waals surface area contributed by atoms with E-state index in [1.54, 1.807) is 11.0 Å². The van der Waals surface area contributed by atoms with Gasteiger partial charge in [-0.2, -0.15) is 0 Å². The van der Waals surface area contributed by atoms with Gasteiger partial charge in [-0.05, 0) is 48.9 Å². The van der Waals surface area contributed by atoms with Crippen LogP contribution in [0.3, 0.4) is 0 Å². The van der Waals surface area contributed by atoms with Crippen LogP contribution in [0, 0.1) is 0 Å². The van der Waals surface area contributed by atoms with Gasteiger partial charge in [0.05, 0.1) is 18.1 Å². The van der Waals surface area contributed by atoms with E-state index in [-0.39, 0.29) is 29.8 Å². The minimum absolute atomic E-state index is 0.0789. The molecule has 0 aliphatic carbocycles. The highest BCUT2D eigenvalue weighted by Gasteiger charge is 2.37. The van der Waals surface area contributed by atoms with Gasteiger partial charge < -0.3 is 19.1 Å². The first-order chi connectivity index (χ1) is 17.9. The van der Waals surface area contributed by atoms with Gasteiger partial charge in [0.1, 0.15) is 13.1 Å². The normalized spacial score (nSPS) is 20.2. The van der Waals surface area contributed by atoms with Gasteiger partial charge in [0, 0.05) is 53.3 Å². The average Bonchev–Trinajstić information content (AvgIpc) is 3.20. The zero-order chi connectivity index (χ0) is 25.9. The second kappa shape index (κ2) is 11.4. The fourth-order valence-corrected chi connectivity index (χ4v) is 6.12. The number of morpholine rings is 1. The number of hydrogen-bond donors (Lipinski definition) is 0. The van der Waals surface area contributed by atoms with Gasteiger partial charge in [-0.15, -0.1) is 0 Å². The van der Waals surface area contributed by atoms with Crippen LogP contribution < -0.4 is 0 Å². The summed E-state index contributed by atoms with van der Waals surface area (Å²) in [6.07, 6.45) is 7.91. The van der Waals surface area contributed by atoms with E-state index in [1.807, 2.05) is 33.9 Å². The minimum Gasteiger partial charge on any atom is -0.378 e. The molecule has 37 heavy (non-hydrogen) atoms. The highest BCUT2D eigenvalue weighted by molar-refractivity contribution is 9.10. The summed E-state index contributed by atoms with van der Waals surface area (Å²) in [6.45, 7) is 3.31. The Bertz CT molecular complexity index is 1260. The molecular formula is C26H29BrN4O5S. The van der Waals surface area contributed by atoms with E-state index < -0.39 is 11.1 Å². The number of carbonyl (C=O) groups is 4. The third-order valence-electron chi connectivity index (χ3n) is 6.96. The average molecular weight is 590 g/mol. The molecule has 0 bridgehead atoms. The molecule has 0 spiro atoms. The quantitative estimate of drug-likeness (QED) is 0.494. The Morgan fingerprint density at radius 1 is 0.946 bits per heavy atom. The zero-order valence-electron chi connectivity index (χ0n) is 20.5. The van der Waals surface area contributed by atoms with Gasteiger partial charge in [-0.1, -0.05) is 28.8 Å². The summed E-state index contributed by atoms with van der Waals surface area (Å²) in [5, 5.41) is 0.411. The summed E-state index contributed by atoms with van der Waals surface area (Å²) in [6, 6.07) is 5.81. The minimum atomic E-state index is -0.479. The van der Waals surface area contributed by atoms with Crippen LogP contribution in [0.1, 0.15) is 31.2 Å². The number of carbonyl (C=O) groups excluding carboxylic acids is 4. The van der Waals surface area contributed by atoms with E-state index in [2.05, 4.69) is 15.9 Å². The monoisotopic (exact) mass is 588 g/mol. The van der Waals surface area contributed by atoms with E-state index in [9.17, 15) is 19.2 Å². The molecule has 0 atom stereocenters. The van der Waals surface area contributed by atoms with E-state index in [0.29, 0.717) is 26.3 Å². The molecule has 196 valence electrons. The van der Waals surface area contributed by atoms with Crippen LogP contribution in [0.2, 0.25) is 0 Å². The Balaban J connectivity index is 1.38. The Morgan fingerprint density at radius 2 is 1.62 bits per heavy atom. The van der Waals surface area contributed by atoms with Gasteiger partial charge in [0.2, 0.25) is 11.8 Å². The van der Waals surface area contributed by atoms with Crippen molar-refractivity contribution >= 4 is 67.6 Å². The lowest BCUT2D eigenvalue weighted by Gasteiger charge is -2.28. The number of ether oxygens (including phenoxy) is 1. The van der Waals surface area contributed by atoms with Crippen molar-refractivity contribution in [2.45, 2.75) is 32.2 Å². The number of amides is 4. The second-order valence-corrected chi connectivity index (χ2v) is 11.3. The van der Waals surface area contributed by atoms with Crippen molar-refractivity contribution in [1.29, 1.82) is 0 Å². The number of imide groups is 1. The van der Waals surface area contributed by atoms with Gasteiger partial charge in [-0.25, -0.2) is 0 Å². The number of hydrogen-bond acceptors (Lipinski definition) is 6. The number of thioether (sulfide) groups is 1. The molecule has 4 heterocycles. The van der Waals surface area contributed by atoms with Crippen molar-refractivity contribution in [1.82, 2.24) is 19.3 Å². The van der Waals surface area contributed by atoms with Crippen molar-refractivity contribution in [2.75, 3.05) is 45.9 Å². The first kappa shape index (κ1) is 26.0. The maximum absolute atomic E-state index is 13.1. The first-order valence-electron chi connectivity index (χ1n) is 12.6. The zero-order valence-corrected chi connectivity index (χ0v) is 22.9. The number of halogens is 1. The van der Waals surface area contributed by atoms with Crippen LogP contribution in [0.5, 0.6) is 0 Å². The maximum Gasteiger partial charge on any atom is 0.294 e. The van der Waals surface area contributed by atoms with Crippen LogP contribution >= 0.6 is 27.7 Å². The molecular weight excluding hydrogens is 560 g/mol. The molecule has 0 saturated carbocycles. The fourth-order valence-electron chi connectivity index (χ4n) is 4.93. The van der Waals surface area contributed by atoms with E-state index in [1.165, 1.54) is 0 Å². The summed E-state index contributed by atoms with van der Waals surface area (Å²) in [5.41, 5.74) is 1.62. The van der Waals surface area contributed by atoms with Gasteiger partial charge >= 0.3 is 0 Å². The summed E-state index contributed by atoms with van der Waals surface area (Å²) in [4.78, 5) is 56.3. The SMILES string of the molecule is O=C(CN1C(=O)S/C(=C\c2cn(CC(=O)N3CCCCCC3)c3ccc(Br)cc23)C1=O)N1CCOCC1. The predicted molar refractivity (Wildman–Crippen MR) is 145 cm³/mol. The first-order valence-corrected chi connectivity index (χ1v) is 14.2. The number of benzene rings is 1. The molecule has 3 aliphatic rings. The lowest BCUT2D eigenvalue weighted by atomic mass is 10.1. The third-order valence-corrected chi connectivity index (χ3v) is 8.36. The Labute approximate surface area is 227 Å². The molecule has 9 nitrogen and oxygen atoms in total. The standard InChI is InChI=1S/C26H29BrN4O5S/c27-19-5-6-21-20(14-19)18(15-30(21)16-23(32)28-7-3-1-2-4-8-28)13-22-25(34)31(26(35)37-22)17-24(33)29-9-11-36-12-10-29/h5-6,13-15H,1-4,7-12,16-17H2/b22-13-. The molecule has 1 aromatic heterocycles. The molecule has 2 aromatic rings. The molecule has 11 heteroatoms. The Morgan fingerprint density at radius 3 is 2.35 bits per heavy atom. The molecule has 3 aliphatic heterocycles. The van der Waals surface area contributed by atoms with Gasteiger partial charge in [0.25, 0.3) is 11.1 Å². The van der Waals surface area contributed by atoms with Crippen molar-refractivity contribution in [2.24, 2.45) is 0 Å². The molecule has 0 N–H and O–H groups in total. The van der Waals surface area contributed by atoms with Crippen LogP contribution in [0.4, 0.5) is 4.79 Å². The van der Waals surface area contributed by atoms with Gasteiger partial charge in [0.15, 0.2) is 0 Å². The predicted octanol–water partition coefficient (Wildman–Crippen LogP) is 3.70. The number of nitrogens with zero attached hydrogens (tertiary/aromatic N) is 4. The Kier molecular flexibility index (Phi) is 8.01. The summed E-state index contributed by atoms with van der Waals surface area (Å²) < 4.78 is 8.05. The molecule has 0 radical (unpaired) electrons. The van der Waals surface area contributed by atoms with Crippen molar-refractivity contribution in [3.63, 3.8) is 0 Å². The topological polar surface area (TPSA) is 92.2 Å². The molecule has 1 aromatic carbocycles. The number of aromatic nitrogens is 1. The van der Waals surface area contributed by atoms with Crippen LogP contribution in [-0.4, -0.2) is 88.2 Å². The maximum atomic E-state index is 13.1. The van der Waals surface area contributed by atoms with E-state index in [0.717, 1.165) is 76.4 Å². The second-order valence-electron chi connectivity index (χ2n) is 9.43. The molecule has 4 amide bonds. The summed E-state index contributed by atoms with van der Waals surface area (Å²) in [7, 11) is 0. The molecule has 3 fully saturated rings.